The summed E-state index contributed by atoms with van der Waals surface area (Å²) < 4.78 is 5.76. The molecule has 0 amide bonds. The molecule has 0 spiro atoms. The Morgan fingerprint density at radius 3 is 2.48 bits per heavy atom. The van der Waals surface area contributed by atoms with Crippen molar-refractivity contribution in [2.45, 2.75) is 0 Å². The fourth-order valence-electron chi connectivity index (χ4n) is 2.69. The van der Waals surface area contributed by atoms with E-state index in [1.165, 1.54) is 18.5 Å². The highest BCUT2D eigenvalue weighted by atomic mass is 16.6. The Labute approximate surface area is 154 Å². The maximum absolute atomic E-state index is 11.3. The van der Waals surface area contributed by atoms with Gasteiger partial charge in [0.05, 0.1) is 22.2 Å². The fourth-order valence-corrected chi connectivity index (χ4v) is 2.69. The first-order chi connectivity index (χ1) is 13.2. The Kier molecular flexibility index (Phi) is 4.32. The molecule has 132 valence electrons. The number of anilines is 2. The van der Waals surface area contributed by atoms with Gasteiger partial charge in [-0.3, -0.25) is 10.1 Å². The number of non-ortho nitro benzene ring substituents is 1. The van der Waals surface area contributed by atoms with Gasteiger partial charge in [-0.1, -0.05) is 30.3 Å². The number of nitrogens with one attached hydrogen (secondary N) is 1. The summed E-state index contributed by atoms with van der Waals surface area (Å²) >= 11 is 0. The van der Waals surface area contributed by atoms with E-state index in [-0.39, 0.29) is 5.69 Å². The lowest BCUT2D eigenvalue weighted by Crippen LogP contribution is -1.98. The van der Waals surface area contributed by atoms with Crippen molar-refractivity contribution in [1.29, 1.82) is 0 Å². The van der Waals surface area contributed by atoms with Crippen molar-refractivity contribution in [1.82, 2.24) is 9.97 Å². The minimum Gasteiger partial charge on any atom is -0.457 e. The first-order valence-electron chi connectivity index (χ1n) is 8.18. The van der Waals surface area contributed by atoms with Crippen molar-refractivity contribution in [2.24, 2.45) is 0 Å². The lowest BCUT2D eigenvalue weighted by Gasteiger charge is -2.11. The standard InChI is InChI=1S/C20H14N4O3/c25-24(26)15-10-14(11-17(12-15)27-16-6-2-1-3-7-16)23-20-18-8-4-5-9-19(18)21-13-22-20/h1-13H,(H,21,22,23). The van der Waals surface area contributed by atoms with Crippen LogP contribution in [0.1, 0.15) is 0 Å². The topological polar surface area (TPSA) is 90.2 Å². The van der Waals surface area contributed by atoms with E-state index in [9.17, 15) is 10.1 Å². The first kappa shape index (κ1) is 16.5. The molecule has 1 N–H and O–H groups in total. The van der Waals surface area contributed by atoms with Crippen LogP contribution in [0.5, 0.6) is 11.5 Å². The number of rotatable bonds is 5. The summed E-state index contributed by atoms with van der Waals surface area (Å²) in [6, 6.07) is 21.1. The average Bonchev–Trinajstić information content (AvgIpc) is 2.69. The molecule has 3 aromatic carbocycles. The summed E-state index contributed by atoms with van der Waals surface area (Å²) in [5, 5.41) is 15.3. The third kappa shape index (κ3) is 3.67. The lowest BCUT2D eigenvalue weighted by molar-refractivity contribution is -0.384. The van der Waals surface area contributed by atoms with Gasteiger partial charge < -0.3 is 10.1 Å². The molecule has 0 radical (unpaired) electrons. The van der Waals surface area contributed by atoms with Gasteiger partial charge in [-0.05, 0) is 24.3 Å². The van der Waals surface area contributed by atoms with Crippen LogP contribution in [-0.4, -0.2) is 14.9 Å². The number of aromatic nitrogens is 2. The summed E-state index contributed by atoms with van der Waals surface area (Å²) in [5.74, 6) is 1.51. The minimum atomic E-state index is -0.457. The summed E-state index contributed by atoms with van der Waals surface area (Å²) in [6.45, 7) is 0. The number of hydrogen-bond acceptors (Lipinski definition) is 6. The third-order valence-corrected chi connectivity index (χ3v) is 3.89. The van der Waals surface area contributed by atoms with Crippen LogP contribution in [0.25, 0.3) is 10.9 Å². The van der Waals surface area contributed by atoms with Crippen LogP contribution in [0.15, 0.2) is 79.1 Å². The highest BCUT2D eigenvalue weighted by Gasteiger charge is 2.13. The first-order valence-corrected chi connectivity index (χ1v) is 8.18. The number of nitro groups is 1. The van der Waals surface area contributed by atoms with E-state index in [0.29, 0.717) is 23.0 Å². The molecule has 1 aromatic heterocycles. The number of benzene rings is 3. The minimum absolute atomic E-state index is 0.0794. The van der Waals surface area contributed by atoms with Gasteiger partial charge in [0.2, 0.25) is 0 Å². The molecule has 0 aliphatic rings. The second-order valence-electron chi connectivity index (χ2n) is 5.75. The number of fused-ring (bicyclic) bond motifs is 1. The number of ether oxygens (including phenoxy) is 1. The maximum Gasteiger partial charge on any atom is 0.275 e. The van der Waals surface area contributed by atoms with E-state index in [2.05, 4.69) is 15.3 Å². The molecule has 0 fully saturated rings. The Bertz CT molecular complexity index is 1110. The summed E-state index contributed by atoms with van der Waals surface area (Å²) in [5.41, 5.74) is 1.20. The van der Waals surface area contributed by atoms with E-state index < -0.39 is 4.92 Å². The van der Waals surface area contributed by atoms with Crippen molar-refractivity contribution < 1.29 is 9.66 Å². The van der Waals surface area contributed by atoms with Gasteiger partial charge in [0, 0.05) is 17.5 Å². The molecular weight excluding hydrogens is 344 g/mol. The van der Waals surface area contributed by atoms with Crippen molar-refractivity contribution in [2.75, 3.05) is 5.32 Å². The SMILES string of the molecule is O=[N+]([O-])c1cc(Nc2ncnc3ccccc23)cc(Oc2ccccc2)c1. The molecule has 1 heterocycles. The Balaban J connectivity index is 1.72. The second kappa shape index (κ2) is 7.09. The van der Waals surface area contributed by atoms with Gasteiger partial charge in [0.1, 0.15) is 23.6 Å². The third-order valence-electron chi connectivity index (χ3n) is 3.89. The van der Waals surface area contributed by atoms with E-state index in [4.69, 9.17) is 4.74 Å². The van der Waals surface area contributed by atoms with Gasteiger partial charge in [0.25, 0.3) is 5.69 Å². The highest BCUT2D eigenvalue weighted by molar-refractivity contribution is 5.90. The highest BCUT2D eigenvalue weighted by Crippen LogP contribution is 2.32. The molecule has 0 unspecified atom stereocenters. The van der Waals surface area contributed by atoms with Crippen LogP contribution in [0, 0.1) is 10.1 Å². The monoisotopic (exact) mass is 358 g/mol. The normalized spacial score (nSPS) is 10.5. The molecule has 0 aliphatic heterocycles. The zero-order chi connectivity index (χ0) is 18.6. The predicted molar refractivity (Wildman–Crippen MR) is 102 cm³/mol. The second-order valence-corrected chi connectivity index (χ2v) is 5.75. The van der Waals surface area contributed by atoms with Gasteiger partial charge in [-0.15, -0.1) is 0 Å². The van der Waals surface area contributed by atoms with E-state index in [0.717, 1.165) is 10.9 Å². The van der Waals surface area contributed by atoms with E-state index in [1.54, 1.807) is 18.2 Å². The van der Waals surface area contributed by atoms with Gasteiger partial charge >= 0.3 is 0 Å². The van der Waals surface area contributed by atoms with Crippen LogP contribution in [-0.2, 0) is 0 Å². The van der Waals surface area contributed by atoms with E-state index in [1.807, 2.05) is 42.5 Å². The average molecular weight is 358 g/mol. The number of para-hydroxylation sites is 2. The van der Waals surface area contributed by atoms with E-state index >= 15 is 0 Å². The van der Waals surface area contributed by atoms with Gasteiger partial charge in [0.15, 0.2) is 0 Å². The van der Waals surface area contributed by atoms with Gasteiger partial charge in [-0.2, -0.15) is 0 Å². The lowest BCUT2D eigenvalue weighted by atomic mass is 10.2. The number of nitro benzene ring substituents is 1. The molecule has 0 saturated carbocycles. The van der Waals surface area contributed by atoms with Gasteiger partial charge in [-0.25, -0.2) is 9.97 Å². The molecule has 7 nitrogen and oxygen atoms in total. The van der Waals surface area contributed by atoms with Crippen molar-refractivity contribution in [3.63, 3.8) is 0 Å². The summed E-state index contributed by atoms with van der Waals surface area (Å²) in [4.78, 5) is 19.3. The molecule has 0 saturated heterocycles. The van der Waals surface area contributed by atoms with Crippen molar-refractivity contribution in [3.8, 4) is 11.5 Å². The van der Waals surface area contributed by atoms with Crippen LogP contribution >= 0.6 is 0 Å². The Hall–Kier alpha value is -4.00. The summed E-state index contributed by atoms with van der Waals surface area (Å²) in [6.07, 6.45) is 1.45. The molecule has 0 aliphatic carbocycles. The fraction of sp³-hybridized carbons (Fsp3) is 0. The molecular formula is C20H14N4O3. The number of nitrogens with zero attached hydrogens (tertiary/aromatic N) is 3. The zero-order valence-corrected chi connectivity index (χ0v) is 14.1. The number of hydrogen-bond donors (Lipinski definition) is 1. The van der Waals surface area contributed by atoms with Crippen LogP contribution in [0.4, 0.5) is 17.2 Å². The molecule has 7 heteroatoms. The molecule has 4 rings (SSSR count). The van der Waals surface area contributed by atoms with Crippen LogP contribution in [0.2, 0.25) is 0 Å². The maximum atomic E-state index is 11.3. The molecule has 27 heavy (non-hydrogen) atoms. The molecule has 0 atom stereocenters. The Morgan fingerprint density at radius 1 is 0.889 bits per heavy atom. The zero-order valence-electron chi connectivity index (χ0n) is 14.1. The quantitative estimate of drug-likeness (QED) is 0.395. The summed E-state index contributed by atoms with van der Waals surface area (Å²) in [7, 11) is 0. The molecule has 0 bridgehead atoms. The van der Waals surface area contributed by atoms with Crippen LogP contribution < -0.4 is 10.1 Å². The van der Waals surface area contributed by atoms with Crippen molar-refractivity contribution >= 4 is 28.1 Å². The largest absolute Gasteiger partial charge is 0.457 e. The van der Waals surface area contributed by atoms with Crippen molar-refractivity contribution in [3.05, 3.63) is 89.2 Å². The Morgan fingerprint density at radius 2 is 1.67 bits per heavy atom. The smallest absolute Gasteiger partial charge is 0.275 e. The van der Waals surface area contributed by atoms with Crippen LogP contribution in [0.3, 0.4) is 0 Å². The molecule has 4 aromatic rings. The predicted octanol–water partition coefficient (Wildman–Crippen LogP) is 5.07.